The Labute approximate surface area is 130 Å². The molecule has 0 aliphatic carbocycles. The Hall–Kier alpha value is -1.35. The first kappa shape index (κ1) is 16.0. The zero-order valence-electron chi connectivity index (χ0n) is 10.7. The van der Waals surface area contributed by atoms with Crippen molar-refractivity contribution in [2.24, 2.45) is 5.73 Å². The highest BCUT2D eigenvalue weighted by atomic mass is 35.5. The second kappa shape index (κ2) is 5.80. The number of rotatable bonds is 4. The number of halogens is 3. The van der Waals surface area contributed by atoms with Gasteiger partial charge in [-0.25, -0.2) is 12.8 Å². The van der Waals surface area contributed by atoms with Crippen molar-refractivity contribution in [1.82, 2.24) is 10.2 Å². The van der Waals surface area contributed by atoms with Gasteiger partial charge in [0.25, 0.3) is 10.0 Å². The highest BCUT2D eigenvalue weighted by molar-refractivity contribution is 7.92. The van der Waals surface area contributed by atoms with E-state index < -0.39 is 15.8 Å². The summed E-state index contributed by atoms with van der Waals surface area (Å²) in [7, 11) is -3.95. The summed E-state index contributed by atoms with van der Waals surface area (Å²) in [5.74, 6) is -0.816. The largest absolute Gasteiger partial charge is 0.325 e. The summed E-state index contributed by atoms with van der Waals surface area (Å²) >= 11 is 11.3. The third-order valence-electron chi connectivity index (χ3n) is 2.66. The second-order valence-electron chi connectivity index (χ2n) is 4.19. The van der Waals surface area contributed by atoms with Crippen molar-refractivity contribution in [2.45, 2.75) is 18.4 Å². The van der Waals surface area contributed by atoms with Gasteiger partial charge in [0.1, 0.15) is 4.90 Å². The number of H-pyrrole nitrogens is 1. The molecule has 10 heteroatoms. The van der Waals surface area contributed by atoms with Crippen molar-refractivity contribution >= 4 is 38.9 Å². The first-order chi connectivity index (χ1) is 9.76. The normalized spacial score (nSPS) is 11.7. The van der Waals surface area contributed by atoms with Crippen LogP contribution in [0.3, 0.4) is 0 Å². The molecule has 2 rings (SSSR count). The Bertz CT molecular complexity index is 769. The van der Waals surface area contributed by atoms with Crippen LogP contribution in [-0.4, -0.2) is 18.6 Å². The Kier molecular flexibility index (Phi) is 4.43. The second-order valence-corrected chi connectivity index (χ2v) is 6.62. The minimum atomic E-state index is -3.95. The molecule has 21 heavy (non-hydrogen) atoms. The molecule has 0 spiro atoms. The summed E-state index contributed by atoms with van der Waals surface area (Å²) in [6.07, 6.45) is 0. The predicted octanol–water partition coefficient (Wildman–Crippen LogP) is 2.42. The maximum Gasteiger partial charge on any atom is 0.265 e. The third-order valence-corrected chi connectivity index (χ3v) is 4.79. The van der Waals surface area contributed by atoms with E-state index in [1.165, 1.54) is 0 Å². The first-order valence-corrected chi connectivity index (χ1v) is 7.91. The van der Waals surface area contributed by atoms with Gasteiger partial charge in [0.15, 0.2) is 5.82 Å². The van der Waals surface area contributed by atoms with Gasteiger partial charge in [-0.05, 0) is 19.1 Å². The van der Waals surface area contributed by atoms with Gasteiger partial charge in [0, 0.05) is 6.54 Å². The Morgan fingerprint density at radius 2 is 1.95 bits per heavy atom. The number of anilines is 1. The molecule has 1 aromatic heterocycles. The van der Waals surface area contributed by atoms with E-state index in [9.17, 15) is 12.8 Å². The number of aromatic amines is 1. The van der Waals surface area contributed by atoms with E-state index in [-0.39, 0.29) is 32.9 Å². The Balaban J connectivity index is 2.45. The lowest BCUT2D eigenvalue weighted by Gasteiger charge is -2.10. The summed E-state index contributed by atoms with van der Waals surface area (Å²) in [5, 5.41) is 5.78. The van der Waals surface area contributed by atoms with Gasteiger partial charge in [-0.15, -0.1) is 0 Å². The molecular formula is C11H11Cl2FN4O2S. The fourth-order valence-corrected chi connectivity index (χ4v) is 3.69. The Morgan fingerprint density at radius 3 is 2.48 bits per heavy atom. The molecule has 0 atom stereocenters. The van der Waals surface area contributed by atoms with Crippen LogP contribution >= 0.6 is 23.2 Å². The van der Waals surface area contributed by atoms with Crippen LogP contribution in [0.1, 0.15) is 11.4 Å². The average Bonchev–Trinajstić information content (AvgIpc) is 2.77. The van der Waals surface area contributed by atoms with Crippen molar-refractivity contribution in [3.63, 3.8) is 0 Å². The molecule has 1 aromatic carbocycles. The molecule has 0 unspecified atom stereocenters. The molecule has 114 valence electrons. The average molecular weight is 353 g/mol. The molecular weight excluding hydrogens is 342 g/mol. The number of nitrogens with two attached hydrogens (primary N) is 1. The highest BCUT2D eigenvalue weighted by Crippen LogP contribution is 2.29. The molecule has 0 aliphatic heterocycles. The molecule has 2 aromatic rings. The molecule has 0 bridgehead atoms. The van der Waals surface area contributed by atoms with Gasteiger partial charge >= 0.3 is 0 Å². The van der Waals surface area contributed by atoms with Crippen molar-refractivity contribution in [1.29, 1.82) is 0 Å². The van der Waals surface area contributed by atoms with Gasteiger partial charge < -0.3 is 5.73 Å². The molecule has 0 saturated heterocycles. The molecule has 0 aliphatic rings. The summed E-state index contributed by atoms with van der Waals surface area (Å²) < 4.78 is 40.3. The van der Waals surface area contributed by atoms with Gasteiger partial charge in [-0.2, -0.15) is 5.10 Å². The van der Waals surface area contributed by atoms with E-state index >= 15 is 0 Å². The van der Waals surface area contributed by atoms with Gasteiger partial charge in [0.2, 0.25) is 0 Å². The molecule has 0 radical (unpaired) electrons. The fraction of sp³-hybridized carbons (Fsp3) is 0.182. The standard InChI is InChI=1S/C11H11Cl2FN4O2S/c1-5-11(9(4-15)17-16-5)21(19,20)18-6-2-7(12)10(14)8(13)3-6/h2-3,18H,4,15H2,1H3,(H,16,17). The van der Waals surface area contributed by atoms with Crippen LogP contribution in [0.4, 0.5) is 10.1 Å². The summed E-state index contributed by atoms with van der Waals surface area (Å²) in [4.78, 5) is -0.0541. The van der Waals surface area contributed by atoms with Crippen LogP contribution in [0.15, 0.2) is 17.0 Å². The number of nitrogens with one attached hydrogen (secondary N) is 2. The van der Waals surface area contributed by atoms with Gasteiger partial charge in [0.05, 0.1) is 27.1 Å². The maximum absolute atomic E-state index is 13.3. The minimum absolute atomic E-state index is 0.0370. The molecule has 1 heterocycles. The van der Waals surface area contributed by atoms with Crippen molar-refractivity contribution < 1.29 is 12.8 Å². The minimum Gasteiger partial charge on any atom is -0.325 e. The third kappa shape index (κ3) is 3.13. The van der Waals surface area contributed by atoms with Gasteiger partial charge in [-0.1, -0.05) is 23.2 Å². The number of aromatic nitrogens is 2. The lowest BCUT2D eigenvalue weighted by atomic mass is 10.3. The monoisotopic (exact) mass is 352 g/mol. The van der Waals surface area contributed by atoms with E-state index in [2.05, 4.69) is 14.9 Å². The van der Waals surface area contributed by atoms with E-state index in [1.807, 2.05) is 0 Å². The van der Waals surface area contributed by atoms with E-state index in [1.54, 1.807) is 6.92 Å². The first-order valence-electron chi connectivity index (χ1n) is 5.67. The number of hydrogen-bond donors (Lipinski definition) is 3. The summed E-state index contributed by atoms with van der Waals surface area (Å²) in [5.41, 5.74) is 6.02. The van der Waals surface area contributed by atoms with Crippen molar-refractivity contribution in [3.05, 3.63) is 39.4 Å². The highest BCUT2D eigenvalue weighted by Gasteiger charge is 2.24. The molecule has 0 amide bonds. The zero-order valence-corrected chi connectivity index (χ0v) is 13.1. The lowest BCUT2D eigenvalue weighted by Crippen LogP contribution is -2.16. The number of benzene rings is 1. The topological polar surface area (TPSA) is 101 Å². The molecule has 6 nitrogen and oxygen atoms in total. The van der Waals surface area contributed by atoms with E-state index in [0.717, 1.165) is 12.1 Å². The van der Waals surface area contributed by atoms with Crippen LogP contribution in [0.5, 0.6) is 0 Å². The number of sulfonamides is 1. The molecule has 0 saturated carbocycles. The maximum atomic E-state index is 13.3. The summed E-state index contributed by atoms with van der Waals surface area (Å²) in [6, 6.07) is 2.25. The SMILES string of the molecule is Cc1[nH]nc(CN)c1S(=O)(=O)Nc1cc(Cl)c(F)c(Cl)c1. The predicted molar refractivity (Wildman–Crippen MR) is 78.4 cm³/mol. The smallest absolute Gasteiger partial charge is 0.265 e. The quantitative estimate of drug-likeness (QED) is 0.735. The fourth-order valence-electron chi connectivity index (χ4n) is 1.78. The van der Waals surface area contributed by atoms with Crippen LogP contribution in [0.25, 0.3) is 0 Å². The van der Waals surface area contributed by atoms with E-state index in [0.29, 0.717) is 5.69 Å². The molecule has 0 fully saturated rings. The van der Waals surface area contributed by atoms with Crippen LogP contribution in [0, 0.1) is 12.7 Å². The lowest BCUT2D eigenvalue weighted by molar-refractivity contribution is 0.599. The Morgan fingerprint density at radius 1 is 1.38 bits per heavy atom. The van der Waals surface area contributed by atoms with Crippen molar-refractivity contribution in [2.75, 3.05) is 4.72 Å². The number of hydrogen-bond acceptors (Lipinski definition) is 4. The molecule has 4 N–H and O–H groups in total. The van der Waals surface area contributed by atoms with Crippen molar-refractivity contribution in [3.8, 4) is 0 Å². The van der Waals surface area contributed by atoms with E-state index in [4.69, 9.17) is 28.9 Å². The zero-order chi connectivity index (χ0) is 15.8. The van der Waals surface area contributed by atoms with Gasteiger partial charge in [-0.3, -0.25) is 9.82 Å². The summed E-state index contributed by atoms with van der Waals surface area (Å²) in [6.45, 7) is 1.50. The number of nitrogens with zero attached hydrogens (tertiary/aromatic N) is 1. The number of aryl methyl sites for hydroxylation is 1. The van der Waals surface area contributed by atoms with Crippen LogP contribution in [-0.2, 0) is 16.6 Å². The van der Waals surface area contributed by atoms with Crippen LogP contribution in [0.2, 0.25) is 10.0 Å². The van der Waals surface area contributed by atoms with Crippen LogP contribution < -0.4 is 10.5 Å².